The number of hydrogen-bond acceptors (Lipinski definition) is 4. The van der Waals surface area contributed by atoms with Gasteiger partial charge in [0.25, 0.3) is 0 Å². The van der Waals surface area contributed by atoms with E-state index >= 15 is 0 Å². The third-order valence-electron chi connectivity index (χ3n) is 0.728. The van der Waals surface area contributed by atoms with Crippen LogP contribution in [0.1, 0.15) is 6.92 Å². The Morgan fingerprint density at radius 3 is 0.640 bits per heavy atom. The lowest BCUT2D eigenvalue weighted by atomic mass is 10.7. The number of hydrogen-bond donors (Lipinski definition) is 4. The first-order valence-corrected chi connectivity index (χ1v) is 4.73. The quantitative estimate of drug-likeness (QED) is 0.447. The maximum absolute atomic E-state index is 10.6. The van der Waals surface area contributed by atoms with Crippen molar-refractivity contribution in [1.29, 1.82) is 0 Å². The molecule has 0 bridgehead atoms. The zero-order valence-corrected chi connectivity index (χ0v) is 11.5. The number of rotatable bonds is 0. The Morgan fingerprint density at radius 2 is 0.640 bits per heavy atom. The van der Waals surface area contributed by atoms with Crippen molar-refractivity contribution in [3.8, 4) is 0 Å². The normalized spacial score (nSPS) is 10.5. The van der Waals surface area contributed by atoms with Crippen molar-refractivity contribution in [1.82, 2.24) is 0 Å². The Morgan fingerprint density at radius 1 is 0.600 bits per heavy atom. The van der Waals surface area contributed by atoms with Crippen LogP contribution in [0.3, 0.4) is 0 Å². The minimum atomic E-state index is -5.08. The fourth-order valence-corrected chi connectivity index (χ4v) is 0. The maximum Gasteiger partial charge on any atom is 0.490 e. The highest BCUT2D eigenvalue weighted by molar-refractivity contribution is 5.73. The Kier molecular flexibility index (Phi) is 14.2. The standard InChI is InChI=1S/3C2HF3O2.C2H5NO/c3*3-2(4,5)1(6)7;1-2(3)4/h3*(H,6,7);1H3,(H2,3,4). The molecule has 0 rings (SSSR count). The van der Waals surface area contributed by atoms with E-state index in [0.29, 0.717) is 0 Å². The number of primary amides is 1. The number of carbonyl (C=O) groups excluding carboxylic acids is 1. The van der Waals surface area contributed by atoms with Gasteiger partial charge >= 0.3 is 36.4 Å². The molecule has 0 aliphatic heterocycles. The predicted octanol–water partition coefficient (Wildman–Crippen LogP) is 1.39. The fraction of sp³-hybridized carbons (Fsp3) is 0.500. The predicted molar refractivity (Wildman–Crippen MR) is 55.9 cm³/mol. The molecule has 0 saturated carbocycles. The van der Waals surface area contributed by atoms with E-state index in [9.17, 15) is 44.3 Å². The topological polar surface area (TPSA) is 155 Å². The summed E-state index contributed by atoms with van der Waals surface area (Å²) < 4.78 is 95.2. The van der Waals surface area contributed by atoms with E-state index in [-0.39, 0.29) is 5.91 Å². The van der Waals surface area contributed by atoms with Gasteiger partial charge in [0.15, 0.2) is 0 Å². The molecule has 1 amide bonds. The SMILES string of the molecule is CC(N)=O.O=C(O)C(F)(F)F.O=C(O)C(F)(F)F.O=C(O)C(F)(F)F. The third-order valence-corrected chi connectivity index (χ3v) is 0.728. The van der Waals surface area contributed by atoms with Crippen LogP contribution in [-0.4, -0.2) is 57.7 Å². The van der Waals surface area contributed by atoms with Gasteiger partial charge in [-0.15, -0.1) is 0 Å². The molecular formula is C8H8F9NO7. The summed E-state index contributed by atoms with van der Waals surface area (Å²) in [5.41, 5.74) is 4.47. The van der Waals surface area contributed by atoms with Crippen LogP contribution >= 0.6 is 0 Å². The van der Waals surface area contributed by atoms with Crippen molar-refractivity contribution >= 4 is 23.8 Å². The van der Waals surface area contributed by atoms with Crippen LogP contribution in [0, 0.1) is 0 Å². The minimum absolute atomic E-state index is 0.333. The van der Waals surface area contributed by atoms with Crippen molar-refractivity contribution in [2.24, 2.45) is 5.73 Å². The summed E-state index contributed by atoms with van der Waals surface area (Å²) in [6.07, 6.45) is -15.3. The van der Waals surface area contributed by atoms with Gasteiger partial charge in [0.2, 0.25) is 5.91 Å². The van der Waals surface area contributed by atoms with E-state index in [2.05, 4.69) is 5.73 Å². The summed E-state index contributed by atoms with van der Waals surface area (Å²) in [6.45, 7) is 1.31. The summed E-state index contributed by atoms with van der Waals surface area (Å²) in [6, 6.07) is 0. The smallest absolute Gasteiger partial charge is 0.475 e. The number of carboxylic acid groups (broad SMARTS) is 3. The van der Waals surface area contributed by atoms with E-state index in [1.54, 1.807) is 0 Å². The van der Waals surface area contributed by atoms with Crippen molar-refractivity contribution in [3.63, 3.8) is 0 Å². The largest absolute Gasteiger partial charge is 0.490 e. The zero-order valence-electron chi connectivity index (χ0n) is 11.5. The molecule has 0 aliphatic rings. The van der Waals surface area contributed by atoms with Gasteiger partial charge in [-0.05, 0) is 0 Å². The van der Waals surface area contributed by atoms with Crippen LogP contribution in [-0.2, 0) is 19.2 Å². The van der Waals surface area contributed by atoms with Crippen molar-refractivity contribution in [3.05, 3.63) is 0 Å². The van der Waals surface area contributed by atoms with Crippen molar-refractivity contribution in [2.75, 3.05) is 0 Å². The molecule has 0 aromatic carbocycles. The highest BCUT2D eigenvalue weighted by Gasteiger charge is 2.39. The number of carbonyl (C=O) groups is 4. The molecule has 0 aromatic rings. The molecule has 0 spiro atoms. The van der Waals surface area contributed by atoms with Crippen molar-refractivity contribution in [2.45, 2.75) is 25.5 Å². The summed E-state index contributed by atoms with van der Waals surface area (Å²) >= 11 is 0. The maximum atomic E-state index is 10.6. The molecule has 0 radical (unpaired) electrons. The average Bonchev–Trinajstić information content (AvgIpc) is 2.25. The Balaban J connectivity index is -0.000000120. The van der Waals surface area contributed by atoms with Gasteiger partial charge in [-0.25, -0.2) is 14.4 Å². The molecule has 0 aliphatic carbocycles. The van der Waals surface area contributed by atoms with E-state index in [1.165, 1.54) is 6.92 Å². The van der Waals surface area contributed by atoms with E-state index in [4.69, 9.17) is 29.7 Å². The molecule has 150 valence electrons. The Bertz CT molecular complexity index is 391. The molecule has 0 atom stereocenters. The molecule has 0 saturated heterocycles. The second-order valence-electron chi connectivity index (χ2n) is 3.02. The molecule has 17 heteroatoms. The lowest BCUT2D eigenvalue weighted by molar-refractivity contribution is -0.193. The van der Waals surface area contributed by atoms with Crippen molar-refractivity contribution < 1.29 is 74.0 Å². The number of halogens is 9. The summed E-state index contributed by atoms with van der Waals surface area (Å²) in [7, 11) is 0. The molecular weight excluding hydrogens is 393 g/mol. The fourth-order valence-electron chi connectivity index (χ4n) is 0. The first kappa shape index (κ1) is 30.2. The molecule has 0 aromatic heterocycles. The number of nitrogens with two attached hydrogens (primary N) is 1. The average molecular weight is 401 g/mol. The number of carboxylic acids is 3. The van der Waals surface area contributed by atoms with Gasteiger partial charge in [0.1, 0.15) is 0 Å². The van der Waals surface area contributed by atoms with Gasteiger partial charge in [0.05, 0.1) is 0 Å². The second kappa shape index (κ2) is 11.7. The highest BCUT2D eigenvalue weighted by atomic mass is 19.4. The molecule has 0 heterocycles. The van der Waals surface area contributed by atoms with E-state index in [0.717, 1.165) is 0 Å². The summed E-state index contributed by atoms with van der Waals surface area (Å²) in [5.74, 6) is -8.60. The van der Waals surface area contributed by atoms with Gasteiger partial charge in [-0.1, -0.05) is 0 Å². The van der Waals surface area contributed by atoms with E-state index < -0.39 is 36.4 Å². The van der Waals surface area contributed by atoms with Gasteiger partial charge in [0, 0.05) is 6.92 Å². The monoisotopic (exact) mass is 401 g/mol. The first-order chi connectivity index (χ1) is 10.6. The third kappa shape index (κ3) is 33.9. The second-order valence-corrected chi connectivity index (χ2v) is 3.02. The Labute approximate surface area is 130 Å². The van der Waals surface area contributed by atoms with Gasteiger partial charge < -0.3 is 21.1 Å². The number of aliphatic carboxylic acids is 3. The molecule has 0 fully saturated rings. The minimum Gasteiger partial charge on any atom is -0.475 e. The summed E-state index contributed by atoms with van der Waals surface area (Å²) in [4.78, 5) is 35.9. The van der Waals surface area contributed by atoms with Crippen LogP contribution < -0.4 is 5.73 Å². The van der Waals surface area contributed by atoms with Crippen LogP contribution in [0.5, 0.6) is 0 Å². The summed E-state index contributed by atoms with van der Waals surface area (Å²) in [5, 5.41) is 21.4. The van der Waals surface area contributed by atoms with Crippen LogP contribution in [0.15, 0.2) is 0 Å². The molecule has 25 heavy (non-hydrogen) atoms. The number of amides is 1. The van der Waals surface area contributed by atoms with Gasteiger partial charge in [-0.3, -0.25) is 4.79 Å². The molecule has 5 N–H and O–H groups in total. The molecule has 8 nitrogen and oxygen atoms in total. The van der Waals surface area contributed by atoms with E-state index in [1.807, 2.05) is 0 Å². The number of alkyl halides is 9. The lowest BCUT2D eigenvalue weighted by Crippen LogP contribution is -2.21. The Hall–Kier alpha value is -2.75. The van der Waals surface area contributed by atoms with Crippen LogP contribution in [0.4, 0.5) is 39.5 Å². The zero-order chi connectivity index (χ0) is 21.8. The lowest BCUT2D eigenvalue weighted by Gasteiger charge is -1.93. The van der Waals surface area contributed by atoms with Crippen LogP contribution in [0.2, 0.25) is 0 Å². The first-order valence-electron chi connectivity index (χ1n) is 4.73. The molecule has 0 unspecified atom stereocenters. The highest BCUT2D eigenvalue weighted by Crippen LogP contribution is 2.14. The van der Waals surface area contributed by atoms with Crippen LogP contribution in [0.25, 0.3) is 0 Å². The van der Waals surface area contributed by atoms with Gasteiger partial charge in [-0.2, -0.15) is 39.5 Å².